The van der Waals surface area contributed by atoms with E-state index < -0.39 is 41.8 Å². The van der Waals surface area contributed by atoms with Crippen LogP contribution in [0.5, 0.6) is 6.01 Å². The first-order valence-corrected chi connectivity index (χ1v) is 12.9. The number of carboxylic acid groups (broad SMARTS) is 1. The molecule has 0 radical (unpaired) electrons. The fraction of sp³-hybridized carbons (Fsp3) is 0.652. The molecule has 9 nitrogen and oxygen atoms in total. The van der Waals surface area contributed by atoms with Crippen molar-refractivity contribution in [3.63, 3.8) is 0 Å². The largest absolute Gasteiger partial charge is 0.465 e. The summed E-state index contributed by atoms with van der Waals surface area (Å²) in [6, 6.07) is 0.355. The van der Waals surface area contributed by atoms with Crippen molar-refractivity contribution >= 4 is 38.9 Å². The number of pyridine rings is 1. The molecule has 4 atom stereocenters. The number of amides is 1. The first-order chi connectivity index (χ1) is 17.4. The zero-order valence-corrected chi connectivity index (χ0v) is 21.9. The molecule has 0 aliphatic carbocycles. The summed E-state index contributed by atoms with van der Waals surface area (Å²) in [7, 11) is 0. The fourth-order valence-electron chi connectivity index (χ4n) is 5.80. The van der Waals surface area contributed by atoms with Crippen molar-refractivity contribution in [2.24, 2.45) is 0 Å². The Bertz CT molecular complexity index is 1220. The van der Waals surface area contributed by atoms with Crippen LogP contribution in [0, 0.1) is 0 Å². The highest BCUT2D eigenvalue weighted by Gasteiger charge is 2.49. The van der Waals surface area contributed by atoms with E-state index in [1.54, 1.807) is 18.7 Å². The van der Waals surface area contributed by atoms with E-state index in [2.05, 4.69) is 35.8 Å². The van der Waals surface area contributed by atoms with Crippen molar-refractivity contribution in [2.45, 2.75) is 63.1 Å². The van der Waals surface area contributed by atoms with E-state index in [1.165, 1.54) is 11.0 Å². The molecule has 1 amide bonds. The quantitative estimate of drug-likeness (QED) is 0.526. The van der Waals surface area contributed by atoms with Gasteiger partial charge >= 0.3 is 18.3 Å². The number of nitrogens with zero attached hydrogens (tertiary/aromatic N) is 6. The number of carbonyl (C=O) groups is 1. The Hall–Kier alpha value is -2.48. The average Bonchev–Trinajstić information content (AvgIpc) is 3.32. The van der Waals surface area contributed by atoms with Crippen LogP contribution in [0.2, 0.25) is 0 Å². The summed E-state index contributed by atoms with van der Waals surface area (Å²) in [5, 5.41) is 9.51. The van der Waals surface area contributed by atoms with Crippen molar-refractivity contribution < 1.29 is 32.2 Å². The van der Waals surface area contributed by atoms with E-state index in [9.17, 15) is 27.5 Å². The molecule has 37 heavy (non-hydrogen) atoms. The lowest BCUT2D eigenvalue weighted by atomic mass is 9.95. The lowest BCUT2D eigenvalue weighted by molar-refractivity contribution is -0.141. The van der Waals surface area contributed by atoms with Gasteiger partial charge in [0.15, 0.2) is 11.5 Å². The van der Waals surface area contributed by atoms with Crippen LogP contribution in [0.25, 0.3) is 11.0 Å². The van der Waals surface area contributed by atoms with Crippen molar-refractivity contribution in [1.82, 2.24) is 24.8 Å². The summed E-state index contributed by atoms with van der Waals surface area (Å²) >= 11 is 2.96. The number of hydrogen-bond donors (Lipinski definition) is 1. The third-order valence-corrected chi connectivity index (χ3v) is 8.19. The summed E-state index contributed by atoms with van der Waals surface area (Å²) < 4.78 is 61.0. The summed E-state index contributed by atoms with van der Waals surface area (Å²) in [4.78, 5) is 29.5. The van der Waals surface area contributed by atoms with Crippen molar-refractivity contribution in [3.05, 3.63) is 16.2 Å². The topological polar surface area (TPSA) is 94.9 Å². The van der Waals surface area contributed by atoms with Gasteiger partial charge in [0.2, 0.25) is 0 Å². The van der Waals surface area contributed by atoms with E-state index in [1.807, 2.05) is 0 Å². The Morgan fingerprint density at radius 1 is 1.22 bits per heavy atom. The third kappa shape index (κ3) is 4.77. The van der Waals surface area contributed by atoms with Gasteiger partial charge in [-0.05, 0) is 55.2 Å². The monoisotopic (exact) mass is 590 g/mol. The molecule has 0 aromatic carbocycles. The molecule has 202 valence electrons. The van der Waals surface area contributed by atoms with E-state index in [-0.39, 0.29) is 47.0 Å². The Morgan fingerprint density at radius 3 is 2.68 bits per heavy atom. The number of anilines is 1. The van der Waals surface area contributed by atoms with E-state index in [4.69, 9.17) is 4.74 Å². The molecule has 0 spiro atoms. The van der Waals surface area contributed by atoms with Gasteiger partial charge in [-0.2, -0.15) is 23.1 Å². The van der Waals surface area contributed by atoms with Gasteiger partial charge in [-0.15, -0.1) is 0 Å². The van der Waals surface area contributed by atoms with Crippen LogP contribution in [-0.2, 0) is 6.18 Å². The van der Waals surface area contributed by atoms with Gasteiger partial charge in [0.1, 0.15) is 18.3 Å². The maximum atomic E-state index is 14.2. The number of ether oxygens (including phenoxy) is 1. The average molecular weight is 591 g/mol. The van der Waals surface area contributed by atoms with Crippen LogP contribution in [0.15, 0.2) is 10.5 Å². The third-order valence-electron chi connectivity index (χ3n) is 7.59. The van der Waals surface area contributed by atoms with E-state index in [0.29, 0.717) is 13.0 Å². The van der Waals surface area contributed by atoms with Gasteiger partial charge < -0.3 is 19.6 Å². The molecule has 5 heterocycles. The minimum absolute atomic E-state index is 0.0417. The summed E-state index contributed by atoms with van der Waals surface area (Å²) in [5.41, 5.74) is -1.47. The molecule has 2 aromatic heterocycles. The summed E-state index contributed by atoms with van der Waals surface area (Å²) in [5.74, 6) is 0.137. The number of aromatic nitrogens is 3. The molecule has 0 saturated carbocycles. The van der Waals surface area contributed by atoms with Gasteiger partial charge in [-0.25, -0.2) is 14.2 Å². The van der Waals surface area contributed by atoms with E-state index >= 15 is 0 Å². The standard InChI is InChI=1S/C23H27BrF4N6O3/c1-12-9-34(21(35)36)13(2)8-33(12)19-17-16(6-15(24)18(30-17)23(26,27)28)29-20(31-19)37-11-22-4-3-5-32(22)10-14(25)7-22/h6,12-14H,3-5,7-11H2,1-2H3,(H,35,36)/t12-,13+,14+,22-/m0/s1. The number of piperazine rings is 1. The van der Waals surface area contributed by atoms with Crippen LogP contribution in [0.3, 0.4) is 0 Å². The molecule has 3 saturated heterocycles. The maximum absolute atomic E-state index is 14.2. The first-order valence-electron chi connectivity index (χ1n) is 12.1. The van der Waals surface area contributed by atoms with Gasteiger partial charge in [-0.3, -0.25) is 4.90 Å². The van der Waals surface area contributed by atoms with Crippen molar-refractivity contribution in [3.8, 4) is 6.01 Å². The molecule has 2 aromatic rings. The lowest BCUT2D eigenvalue weighted by Gasteiger charge is -2.43. The maximum Gasteiger partial charge on any atom is 0.434 e. The predicted molar refractivity (Wildman–Crippen MR) is 130 cm³/mol. The van der Waals surface area contributed by atoms with Crippen LogP contribution in [0.1, 0.15) is 38.8 Å². The smallest absolute Gasteiger partial charge is 0.434 e. The molecule has 3 aliphatic rings. The highest BCUT2D eigenvalue weighted by Crippen LogP contribution is 2.41. The molecule has 3 aliphatic heterocycles. The number of fused-ring (bicyclic) bond motifs is 2. The Morgan fingerprint density at radius 2 is 1.97 bits per heavy atom. The number of rotatable bonds is 4. The highest BCUT2D eigenvalue weighted by molar-refractivity contribution is 9.10. The Kier molecular flexibility index (Phi) is 6.62. The summed E-state index contributed by atoms with van der Waals surface area (Å²) in [6.45, 7) is 5.12. The van der Waals surface area contributed by atoms with Gasteiger partial charge in [0.25, 0.3) is 0 Å². The van der Waals surface area contributed by atoms with Crippen LogP contribution < -0.4 is 9.64 Å². The molecule has 1 N–H and O–H groups in total. The lowest BCUT2D eigenvalue weighted by Crippen LogP contribution is -2.58. The second kappa shape index (κ2) is 9.37. The van der Waals surface area contributed by atoms with Crippen molar-refractivity contribution in [2.75, 3.05) is 37.7 Å². The number of alkyl halides is 4. The van der Waals surface area contributed by atoms with Crippen molar-refractivity contribution in [1.29, 1.82) is 0 Å². The van der Waals surface area contributed by atoms with E-state index in [0.717, 1.165) is 19.4 Å². The zero-order chi connectivity index (χ0) is 26.7. The highest BCUT2D eigenvalue weighted by atomic mass is 79.9. The molecule has 14 heteroatoms. The molecular formula is C23H27BrF4N6O3. The fourth-order valence-corrected chi connectivity index (χ4v) is 6.33. The van der Waals surface area contributed by atoms with Crippen LogP contribution in [-0.4, -0.2) is 92.5 Å². The SMILES string of the molecule is C[C@@H]1CN(c2nc(OC[C@@]34CCCN3C[C@H](F)C4)nc3cc(Br)c(C(F)(F)F)nc23)[C@@H](C)CN1C(=O)O. The Balaban J connectivity index is 1.55. The predicted octanol–water partition coefficient (Wildman–Crippen LogP) is 4.34. The normalized spacial score (nSPS) is 28.7. The molecule has 5 rings (SSSR count). The second-order valence-electron chi connectivity index (χ2n) is 10.2. The molecular weight excluding hydrogens is 564 g/mol. The minimum Gasteiger partial charge on any atom is -0.465 e. The first kappa shape index (κ1) is 26.1. The van der Waals surface area contributed by atoms with Gasteiger partial charge in [0, 0.05) is 38.1 Å². The zero-order valence-electron chi connectivity index (χ0n) is 20.3. The molecule has 0 unspecified atom stereocenters. The Labute approximate surface area is 218 Å². The van der Waals surface area contributed by atoms with Crippen LogP contribution >= 0.6 is 15.9 Å². The number of halogens is 5. The van der Waals surface area contributed by atoms with Crippen LogP contribution in [0.4, 0.5) is 28.2 Å². The van der Waals surface area contributed by atoms with Gasteiger partial charge in [0.05, 0.1) is 15.5 Å². The second-order valence-corrected chi connectivity index (χ2v) is 11.0. The minimum atomic E-state index is -4.71. The van der Waals surface area contributed by atoms with Gasteiger partial charge in [-0.1, -0.05) is 0 Å². The molecule has 0 bridgehead atoms. The summed E-state index contributed by atoms with van der Waals surface area (Å²) in [6.07, 6.45) is -4.66. The molecule has 3 fully saturated rings. The number of hydrogen-bond acceptors (Lipinski definition) is 7.